The quantitative estimate of drug-likeness (QED) is 0.0417. The summed E-state index contributed by atoms with van der Waals surface area (Å²) in [6, 6.07) is -0.554. The second kappa shape index (κ2) is 37.0. The summed E-state index contributed by atoms with van der Waals surface area (Å²) in [4.78, 5) is 131. The zero-order valence-electron chi connectivity index (χ0n) is 62.4. The number of unbranched alkanes of at least 4 members (excludes halogenated alkanes) is 5. The normalized spacial score (nSPS) is 27.5. The average Bonchev–Trinajstić information content (AvgIpc) is 0.766. The van der Waals surface area contributed by atoms with Crippen molar-refractivity contribution in [2.24, 2.45) is 17.4 Å². The van der Waals surface area contributed by atoms with E-state index >= 15 is 14.4 Å². The van der Waals surface area contributed by atoms with Gasteiger partial charge in [-0.2, -0.15) is 0 Å². The fourth-order valence-corrected chi connectivity index (χ4v) is 14.6. The molecule has 12 rings (SSSR count). The fraction of sp³-hybridized carbons (Fsp3) is 0.487. The van der Waals surface area contributed by atoms with Gasteiger partial charge in [0.2, 0.25) is 59.3 Å². The average molecular weight is 1620 g/mol. The third kappa shape index (κ3) is 19.9. The van der Waals surface area contributed by atoms with E-state index in [-0.39, 0.29) is 58.7 Å². The van der Waals surface area contributed by atoms with Crippen molar-refractivity contribution in [1.29, 1.82) is 0 Å². The van der Waals surface area contributed by atoms with Gasteiger partial charge in [-0.3, -0.25) is 38.4 Å². The summed E-state index contributed by atoms with van der Waals surface area (Å²) in [5.41, 5.74) is 7.80. The zero-order chi connectivity index (χ0) is 82.2. The molecule has 11 bridgehead atoms. The molecule has 113 heavy (non-hydrogen) atoms. The summed E-state index contributed by atoms with van der Waals surface area (Å²) in [5.74, 6) is -16.3. The number of ether oxygens (including phenoxy) is 6. The van der Waals surface area contributed by atoms with Crippen LogP contribution in [0.25, 0.3) is 11.1 Å². The molecule has 2 fully saturated rings. The number of carboxylic acid groups (broad SMARTS) is 1. The summed E-state index contributed by atoms with van der Waals surface area (Å²) in [7, 11) is 1.48. The number of amides is 8. The van der Waals surface area contributed by atoms with Crippen molar-refractivity contribution < 1.29 is 118 Å². The zero-order valence-corrected chi connectivity index (χ0v) is 64.0. The first-order chi connectivity index (χ1) is 53.6. The van der Waals surface area contributed by atoms with Gasteiger partial charge in [-0.15, -0.1) is 0 Å². The Morgan fingerprint density at radius 2 is 1.32 bits per heavy atom. The largest absolute Gasteiger partial charge is 0.508 e. The number of phenolic OH excluding ortho intramolecular Hbond substituents is 3. The van der Waals surface area contributed by atoms with Gasteiger partial charge in [0.05, 0.1) is 41.3 Å². The lowest BCUT2D eigenvalue weighted by Gasteiger charge is -2.48. The standard InChI is InChI=1S/C76H95Cl2N11O24/c1-7-8-9-10-11-12-19-82-53(94)31-83-76(5)29-54(108-33(4)67(76)99)112-66-64(98)63(97)51(30-79)111-75(66)113-65-49-24-37-25-50(65)110-48-18-15-36(23-42(48)78)62(96)60-73(105)87-58(74(106)107)40-26-38(90)27-46(92)55(40)39-21-34(13-16-45(39)91)56(70(102)89-60)86-71(103)57(37)85-69(101)44(28-52(80)93)84-72(104)59(88-68(100)43(81-6)20-32(2)3)61(95)35-14-17-47(109-49)41(77)22-35/h13-18,21-27,32-33,43-44,51,54,56-64,66-67,75,81,83,90-92,95-99H,7-12,19-20,28-31,79H2,1-6H3,(H2,80,93)(H,82,94)(H,84,104)(H,85,101)(H,86,103)(H,87,105)(H,88,100)(H,89,102)(H,106,107)/t33-,43+,44-,51+,54-,56+,57+,58-,59+,60-,61+,62+,63+,64-,66+,67+,75-,76-/m0/s1. The van der Waals surface area contributed by atoms with Gasteiger partial charge in [0.1, 0.15) is 89.5 Å². The Balaban J connectivity index is 1.18. The predicted molar refractivity (Wildman–Crippen MR) is 401 cm³/mol. The SMILES string of the molecule is CCCCCCCCNC(=O)CN[C@@]1(C)C[C@H](O[C@H]2[C@H](Oc3c4cc5cc3Oc3ccc(cc3Cl)[C@@H](O)[C@@H](NC(=O)[C@@H](CC(C)C)NC)C(=O)N[C@@H](CC(N)=O)C(=O)N[C@H]5C(=O)N[C@H]3C(=O)N[C@H](C(=O)N[C@H](C(=O)O)c5cc(O)cc(O)c5-c5cc3ccc5O)[C@H](O)c3ccc(c(Cl)c3)O4)O[C@H](CN)[C@@H](O)[C@@H]2O)O[C@@H](C)[C@H]1O. The topological polar surface area (TPSA) is 551 Å². The van der Waals surface area contributed by atoms with E-state index in [1.54, 1.807) is 6.92 Å². The van der Waals surface area contributed by atoms with Crippen molar-refractivity contribution in [3.05, 3.63) is 117 Å². The van der Waals surface area contributed by atoms with E-state index in [1.807, 2.05) is 13.8 Å². The van der Waals surface area contributed by atoms with E-state index < -0.39 is 237 Å². The Morgan fingerprint density at radius 3 is 1.94 bits per heavy atom. The minimum absolute atomic E-state index is 0.103. The highest BCUT2D eigenvalue weighted by Gasteiger charge is 2.52. The van der Waals surface area contributed by atoms with Crippen LogP contribution in [0.1, 0.15) is 151 Å². The first-order valence-electron chi connectivity index (χ1n) is 36.9. The number of carboxylic acids is 1. The molecule has 35 nitrogen and oxygen atoms in total. The lowest BCUT2D eigenvalue weighted by atomic mass is 9.85. The molecule has 612 valence electrons. The Labute approximate surface area is 658 Å². The maximum absolute atomic E-state index is 16.2. The van der Waals surface area contributed by atoms with Gasteiger partial charge >= 0.3 is 5.97 Å². The fourth-order valence-electron chi connectivity index (χ4n) is 14.2. The second-order valence-corrected chi connectivity index (χ2v) is 30.0. The van der Waals surface area contributed by atoms with Crippen LogP contribution < -0.4 is 73.5 Å². The molecule has 8 amide bonds. The number of benzene rings is 5. The van der Waals surface area contributed by atoms with Crippen LogP contribution in [0.3, 0.4) is 0 Å². The number of nitrogens with two attached hydrogens (primary N) is 2. The number of hydrogen-bond acceptors (Lipinski definition) is 26. The molecule has 5 aromatic rings. The van der Waals surface area contributed by atoms with Crippen molar-refractivity contribution in [2.45, 2.75) is 202 Å². The Morgan fingerprint density at radius 1 is 0.699 bits per heavy atom. The maximum atomic E-state index is 16.2. The predicted octanol–water partition coefficient (Wildman–Crippen LogP) is 2.18. The smallest absolute Gasteiger partial charge is 0.330 e. The van der Waals surface area contributed by atoms with E-state index in [0.717, 1.165) is 105 Å². The highest BCUT2D eigenvalue weighted by atomic mass is 35.5. The first-order valence-corrected chi connectivity index (χ1v) is 37.7. The number of aromatic hydroxyl groups is 3. The van der Waals surface area contributed by atoms with Crippen LogP contribution in [0, 0.1) is 5.92 Å². The molecular formula is C76H95Cl2N11O24. The van der Waals surface area contributed by atoms with Gasteiger partial charge in [-0.05, 0) is 117 Å². The van der Waals surface area contributed by atoms with E-state index in [1.165, 1.54) is 26.1 Å². The third-order valence-electron chi connectivity index (χ3n) is 20.3. The van der Waals surface area contributed by atoms with E-state index in [4.69, 9.17) is 63.1 Å². The van der Waals surface area contributed by atoms with Crippen LogP contribution in [-0.4, -0.2) is 205 Å². The highest BCUT2D eigenvalue weighted by molar-refractivity contribution is 6.32. The monoisotopic (exact) mass is 1620 g/mol. The number of likely N-dealkylation sites (N-methyl/N-ethyl adjacent to an activating group) is 1. The summed E-state index contributed by atoms with van der Waals surface area (Å²) in [6.07, 6.45) is -12.5. The molecule has 0 saturated carbocycles. The third-order valence-corrected chi connectivity index (χ3v) is 20.9. The van der Waals surface area contributed by atoms with Crippen molar-refractivity contribution in [3.8, 4) is 57.1 Å². The number of carbonyl (C=O) groups is 9. The van der Waals surface area contributed by atoms with Crippen molar-refractivity contribution in [2.75, 3.05) is 26.7 Å². The number of fused-ring (bicyclic) bond motifs is 15. The minimum atomic E-state index is -2.35. The number of hydrogen-bond donors (Lipinski definition) is 20. The number of primary amides is 1. The van der Waals surface area contributed by atoms with Crippen LogP contribution in [-0.2, 0) is 57.4 Å². The molecule has 5 aromatic carbocycles. The van der Waals surface area contributed by atoms with Crippen molar-refractivity contribution >= 4 is 76.4 Å². The molecule has 37 heteroatoms. The number of nitrogens with one attached hydrogen (secondary N) is 9. The number of carbonyl (C=O) groups excluding carboxylic acids is 8. The molecule has 7 heterocycles. The van der Waals surface area contributed by atoms with Crippen LogP contribution >= 0.6 is 23.2 Å². The lowest BCUT2D eigenvalue weighted by molar-refractivity contribution is -0.331. The van der Waals surface area contributed by atoms with Crippen LogP contribution in [0.5, 0.6) is 46.0 Å². The summed E-state index contributed by atoms with van der Waals surface area (Å²) in [5, 5.41) is 128. The van der Waals surface area contributed by atoms with Gasteiger partial charge in [-0.1, -0.05) is 94.3 Å². The summed E-state index contributed by atoms with van der Waals surface area (Å²) < 4.78 is 39.4. The number of aliphatic hydroxyl groups is 5. The van der Waals surface area contributed by atoms with E-state index in [2.05, 4.69) is 54.8 Å². The molecule has 7 aliphatic heterocycles. The molecule has 0 radical (unpaired) electrons. The summed E-state index contributed by atoms with van der Waals surface area (Å²) in [6.45, 7) is 8.56. The Hall–Kier alpha value is -9.73. The Bertz CT molecular complexity index is 4390. The van der Waals surface area contributed by atoms with Gasteiger partial charge in [0.15, 0.2) is 29.9 Å². The molecule has 22 N–H and O–H groups in total. The number of aliphatic hydroxyl groups excluding tert-OH is 5. The molecule has 0 aromatic heterocycles. The van der Waals surface area contributed by atoms with E-state index in [9.17, 15) is 74.7 Å². The van der Waals surface area contributed by atoms with Crippen LogP contribution in [0.15, 0.2) is 78.9 Å². The van der Waals surface area contributed by atoms with Crippen LogP contribution in [0.2, 0.25) is 10.0 Å². The van der Waals surface area contributed by atoms with Gasteiger partial charge in [0, 0.05) is 47.8 Å². The number of halogens is 2. The molecule has 7 aliphatic rings. The number of rotatable bonds is 23. The summed E-state index contributed by atoms with van der Waals surface area (Å²) >= 11 is 14.3. The molecule has 0 unspecified atom stereocenters. The molecule has 0 spiro atoms. The van der Waals surface area contributed by atoms with Crippen molar-refractivity contribution in [1.82, 2.24) is 47.9 Å². The second-order valence-electron chi connectivity index (χ2n) is 29.2. The van der Waals surface area contributed by atoms with Gasteiger partial charge in [0.25, 0.3) is 0 Å². The highest BCUT2D eigenvalue weighted by Crippen LogP contribution is 2.50. The molecule has 0 aliphatic carbocycles. The Kier molecular flexibility index (Phi) is 28.1. The number of phenols is 3. The first kappa shape index (κ1) is 85.7. The van der Waals surface area contributed by atoms with E-state index in [0.29, 0.717) is 6.54 Å². The van der Waals surface area contributed by atoms with Crippen molar-refractivity contribution in [3.63, 3.8) is 0 Å². The van der Waals surface area contributed by atoms with Crippen LogP contribution in [0.4, 0.5) is 0 Å². The molecular weight excluding hydrogens is 1520 g/mol. The lowest BCUT2D eigenvalue weighted by Crippen LogP contribution is -2.66. The minimum Gasteiger partial charge on any atom is -0.508 e. The maximum Gasteiger partial charge on any atom is 0.330 e. The van der Waals surface area contributed by atoms with Gasteiger partial charge < -0.3 is 134 Å². The number of aliphatic carboxylic acids is 1. The van der Waals surface area contributed by atoms with Gasteiger partial charge in [-0.25, -0.2) is 4.79 Å². The molecule has 2 saturated heterocycles. The molecule has 18 atom stereocenters.